The zero-order chi connectivity index (χ0) is 9.52. The molecular formula is C11H13ClO. The lowest BCUT2D eigenvalue weighted by molar-refractivity contribution is 0.362. The second-order valence-electron chi connectivity index (χ2n) is 2.65. The van der Waals surface area contributed by atoms with Gasteiger partial charge in [-0.1, -0.05) is 36.7 Å². The Labute approximate surface area is 84.0 Å². The van der Waals surface area contributed by atoms with Crippen LogP contribution in [0.2, 0.25) is 5.02 Å². The van der Waals surface area contributed by atoms with E-state index in [1.54, 1.807) is 6.07 Å². The number of hydrogen-bond donors (Lipinski definition) is 0. The minimum Gasteiger partial charge on any atom is -0.489 e. The highest BCUT2D eigenvalue weighted by Crippen LogP contribution is 2.16. The molecule has 1 aromatic carbocycles. The number of halogens is 1. The Morgan fingerprint density at radius 1 is 1.38 bits per heavy atom. The van der Waals surface area contributed by atoms with Crippen molar-refractivity contribution in [2.75, 3.05) is 6.61 Å². The number of allylic oxidation sites excluding steroid dienone is 1. The smallest absolute Gasteiger partial charge is 0.121 e. The van der Waals surface area contributed by atoms with E-state index >= 15 is 0 Å². The van der Waals surface area contributed by atoms with Crippen LogP contribution in [0.25, 0.3) is 0 Å². The Hall–Kier alpha value is -0.950. The summed E-state index contributed by atoms with van der Waals surface area (Å²) in [5.41, 5.74) is 0. The van der Waals surface area contributed by atoms with Gasteiger partial charge in [0.15, 0.2) is 0 Å². The topological polar surface area (TPSA) is 9.23 Å². The maximum atomic E-state index is 5.79. The van der Waals surface area contributed by atoms with Crippen molar-refractivity contribution in [2.45, 2.75) is 13.3 Å². The molecule has 0 N–H and O–H groups in total. The maximum Gasteiger partial charge on any atom is 0.121 e. The third kappa shape index (κ3) is 4.00. The van der Waals surface area contributed by atoms with E-state index in [4.69, 9.17) is 16.3 Å². The molecule has 0 aliphatic rings. The molecule has 0 amide bonds. The fourth-order valence-electron chi connectivity index (χ4n) is 0.936. The fourth-order valence-corrected chi connectivity index (χ4v) is 1.12. The Morgan fingerprint density at radius 3 is 2.92 bits per heavy atom. The molecule has 0 aromatic heterocycles. The molecule has 2 heteroatoms. The van der Waals surface area contributed by atoms with Gasteiger partial charge in [-0.25, -0.2) is 0 Å². The van der Waals surface area contributed by atoms with E-state index in [1.807, 2.05) is 24.3 Å². The monoisotopic (exact) mass is 196 g/mol. The largest absolute Gasteiger partial charge is 0.489 e. The van der Waals surface area contributed by atoms with Crippen molar-refractivity contribution in [1.82, 2.24) is 0 Å². The van der Waals surface area contributed by atoms with Gasteiger partial charge >= 0.3 is 0 Å². The van der Waals surface area contributed by atoms with E-state index in [0.29, 0.717) is 11.6 Å². The zero-order valence-corrected chi connectivity index (χ0v) is 8.42. The van der Waals surface area contributed by atoms with Crippen LogP contribution in [0.1, 0.15) is 13.3 Å². The fraction of sp³-hybridized carbons (Fsp3) is 0.273. The van der Waals surface area contributed by atoms with Crippen LogP contribution in [-0.4, -0.2) is 6.61 Å². The quantitative estimate of drug-likeness (QED) is 0.668. The summed E-state index contributed by atoms with van der Waals surface area (Å²) in [5, 5.41) is 0.706. The van der Waals surface area contributed by atoms with E-state index in [9.17, 15) is 0 Å². The molecule has 0 spiro atoms. The molecule has 0 unspecified atom stereocenters. The van der Waals surface area contributed by atoms with Gasteiger partial charge in [0, 0.05) is 5.02 Å². The number of benzene rings is 1. The number of ether oxygens (including phenoxy) is 1. The van der Waals surface area contributed by atoms with E-state index in [1.165, 1.54) is 0 Å². The lowest BCUT2D eigenvalue weighted by atomic mass is 10.3. The molecule has 1 rings (SSSR count). The Kier molecular flexibility index (Phi) is 4.41. The molecule has 0 bridgehead atoms. The standard InChI is InChI=1S/C11H13ClO/c1-2-3-4-8-13-11-7-5-6-10(12)9-11/h3-7,9H,2,8H2,1H3/b4-3+. The third-order valence-corrected chi connectivity index (χ3v) is 1.78. The summed E-state index contributed by atoms with van der Waals surface area (Å²) < 4.78 is 5.42. The highest BCUT2D eigenvalue weighted by Gasteiger charge is 1.91. The Balaban J connectivity index is 2.41. The van der Waals surface area contributed by atoms with Crippen molar-refractivity contribution >= 4 is 11.6 Å². The molecule has 0 heterocycles. The maximum absolute atomic E-state index is 5.79. The summed E-state index contributed by atoms with van der Waals surface area (Å²) in [7, 11) is 0. The van der Waals surface area contributed by atoms with Gasteiger partial charge in [0.05, 0.1) is 0 Å². The lowest BCUT2D eigenvalue weighted by Crippen LogP contribution is -1.92. The highest BCUT2D eigenvalue weighted by molar-refractivity contribution is 6.30. The average Bonchev–Trinajstić information content (AvgIpc) is 2.13. The van der Waals surface area contributed by atoms with Crippen LogP contribution in [0, 0.1) is 0 Å². The van der Waals surface area contributed by atoms with E-state index in [-0.39, 0.29) is 0 Å². The van der Waals surface area contributed by atoms with Crippen molar-refractivity contribution in [3.05, 3.63) is 41.4 Å². The molecule has 0 saturated carbocycles. The first kappa shape index (κ1) is 10.1. The summed E-state index contributed by atoms with van der Waals surface area (Å²) in [5.74, 6) is 0.813. The van der Waals surface area contributed by atoms with Crippen molar-refractivity contribution in [3.8, 4) is 5.75 Å². The molecule has 70 valence electrons. The van der Waals surface area contributed by atoms with Gasteiger partial charge in [-0.2, -0.15) is 0 Å². The van der Waals surface area contributed by atoms with Crippen molar-refractivity contribution in [2.24, 2.45) is 0 Å². The summed E-state index contributed by atoms with van der Waals surface area (Å²) in [6, 6.07) is 7.41. The van der Waals surface area contributed by atoms with Crippen LogP contribution < -0.4 is 4.74 Å². The van der Waals surface area contributed by atoms with Gasteiger partial charge in [0.25, 0.3) is 0 Å². The van der Waals surface area contributed by atoms with Crippen molar-refractivity contribution in [1.29, 1.82) is 0 Å². The average molecular weight is 197 g/mol. The SMILES string of the molecule is CC/C=C/COc1cccc(Cl)c1. The normalized spacial score (nSPS) is 10.6. The second-order valence-corrected chi connectivity index (χ2v) is 3.08. The predicted molar refractivity (Wildman–Crippen MR) is 56.4 cm³/mol. The van der Waals surface area contributed by atoms with Crippen LogP contribution in [-0.2, 0) is 0 Å². The van der Waals surface area contributed by atoms with Gasteiger partial charge in [0.2, 0.25) is 0 Å². The second kappa shape index (κ2) is 5.65. The molecule has 13 heavy (non-hydrogen) atoms. The highest BCUT2D eigenvalue weighted by atomic mass is 35.5. The van der Waals surface area contributed by atoms with E-state index in [2.05, 4.69) is 13.0 Å². The first-order valence-electron chi connectivity index (χ1n) is 4.36. The minimum absolute atomic E-state index is 0.605. The van der Waals surface area contributed by atoms with E-state index in [0.717, 1.165) is 12.2 Å². The van der Waals surface area contributed by atoms with Gasteiger partial charge in [-0.05, 0) is 24.6 Å². The summed E-state index contributed by atoms with van der Waals surface area (Å²) in [6.07, 6.45) is 5.12. The molecule has 0 fully saturated rings. The Morgan fingerprint density at radius 2 is 2.23 bits per heavy atom. The number of hydrogen-bond acceptors (Lipinski definition) is 1. The van der Waals surface area contributed by atoms with Crippen LogP contribution in [0.15, 0.2) is 36.4 Å². The zero-order valence-electron chi connectivity index (χ0n) is 7.66. The van der Waals surface area contributed by atoms with E-state index < -0.39 is 0 Å². The predicted octanol–water partition coefficient (Wildman–Crippen LogP) is 3.69. The molecule has 0 saturated heterocycles. The molecule has 1 nitrogen and oxygen atoms in total. The van der Waals surface area contributed by atoms with Gasteiger partial charge in [0.1, 0.15) is 12.4 Å². The lowest BCUT2D eigenvalue weighted by Gasteiger charge is -2.02. The molecule has 0 radical (unpaired) electrons. The molecule has 1 aromatic rings. The summed E-state index contributed by atoms with van der Waals surface area (Å²) in [6.45, 7) is 2.70. The first-order valence-corrected chi connectivity index (χ1v) is 4.74. The third-order valence-electron chi connectivity index (χ3n) is 1.54. The van der Waals surface area contributed by atoms with Crippen LogP contribution in [0.5, 0.6) is 5.75 Å². The van der Waals surface area contributed by atoms with Crippen molar-refractivity contribution < 1.29 is 4.74 Å². The van der Waals surface area contributed by atoms with Gasteiger partial charge < -0.3 is 4.74 Å². The molecule has 0 aliphatic carbocycles. The first-order chi connectivity index (χ1) is 6.33. The van der Waals surface area contributed by atoms with Crippen molar-refractivity contribution in [3.63, 3.8) is 0 Å². The van der Waals surface area contributed by atoms with Gasteiger partial charge in [-0.15, -0.1) is 0 Å². The summed E-state index contributed by atoms with van der Waals surface area (Å²) in [4.78, 5) is 0. The van der Waals surface area contributed by atoms with Gasteiger partial charge in [-0.3, -0.25) is 0 Å². The summed E-state index contributed by atoms with van der Waals surface area (Å²) >= 11 is 5.79. The minimum atomic E-state index is 0.605. The molecular weight excluding hydrogens is 184 g/mol. The van der Waals surface area contributed by atoms with Crippen LogP contribution in [0.3, 0.4) is 0 Å². The molecule has 0 aliphatic heterocycles. The molecule has 0 atom stereocenters. The van der Waals surface area contributed by atoms with Crippen LogP contribution in [0.4, 0.5) is 0 Å². The van der Waals surface area contributed by atoms with Crippen LogP contribution >= 0.6 is 11.6 Å². The Bertz CT molecular complexity index is 281. The number of rotatable bonds is 4.